The lowest BCUT2D eigenvalue weighted by atomic mass is 10.2. The van der Waals surface area contributed by atoms with E-state index in [-0.39, 0.29) is 0 Å². The lowest BCUT2D eigenvalue weighted by Gasteiger charge is -2.16. The van der Waals surface area contributed by atoms with Crippen LogP contribution in [0.2, 0.25) is 0 Å². The SMILES string of the molecule is Cc1ccnc2ccc(N3CCCC3)nc12. The summed E-state index contributed by atoms with van der Waals surface area (Å²) in [6.07, 6.45) is 4.41. The smallest absolute Gasteiger partial charge is 0.129 e. The Bertz CT molecular complexity index is 516. The predicted molar refractivity (Wildman–Crippen MR) is 65.7 cm³/mol. The van der Waals surface area contributed by atoms with Crippen molar-refractivity contribution >= 4 is 16.9 Å². The number of fused-ring (bicyclic) bond motifs is 1. The molecule has 82 valence electrons. The number of anilines is 1. The third-order valence-electron chi connectivity index (χ3n) is 3.20. The van der Waals surface area contributed by atoms with Gasteiger partial charge in [-0.05, 0) is 43.5 Å². The highest BCUT2D eigenvalue weighted by Gasteiger charge is 2.14. The fraction of sp³-hybridized carbons (Fsp3) is 0.385. The van der Waals surface area contributed by atoms with E-state index >= 15 is 0 Å². The first-order valence-electron chi connectivity index (χ1n) is 5.82. The summed E-state index contributed by atoms with van der Waals surface area (Å²) in [5, 5.41) is 0. The second-order valence-electron chi connectivity index (χ2n) is 4.36. The Morgan fingerprint density at radius 3 is 2.75 bits per heavy atom. The maximum atomic E-state index is 4.72. The highest BCUT2D eigenvalue weighted by Crippen LogP contribution is 2.21. The number of hydrogen-bond donors (Lipinski definition) is 0. The van der Waals surface area contributed by atoms with Gasteiger partial charge in [0.1, 0.15) is 5.82 Å². The van der Waals surface area contributed by atoms with Gasteiger partial charge >= 0.3 is 0 Å². The van der Waals surface area contributed by atoms with Gasteiger partial charge in [-0.1, -0.05) is 0 Å². The quantitative estimate of drug-likeness (QED) is 0.729. The van der Waals surface area contributed by atoms with Crippen LogP contribution in [-0.2, 0) is 0 Å². The van der Waals surface area contributed by atoms with Crippen molar-refractivity contribution in [3.63, 3.8) is 0 Å². The largest absolute Gasteiger partial charge is 0.357 e. The molecule has 3 heteroatoms. The van der Waals surface area contributed by atoms with Crippen LogP contribution < -0.4 is 4.90 Å². The topological polar surface area (TPSA) is 29.0 Å². The van der Waals surface area contributed by atoms with E-state index in [9.17, 15) is 0 Å². The van der Waals surface area contributed by atoms with Gasteiger partial charge in [-0.3, -0.25) is 4.98 Å². The van der Waals surface area contributed by atoms with Gasteiger partial charge < -0.3 is 4.90 Å². The van der Waals surface area contributed by atoms with Crippen molar-refractivity contribution in [3.8, 4) is 0 Å². The lowest BCUT2D eigenvalue weighted by Crippen LogP contribution is -2.18. The lowest BCUT2D eigenvalue weighted by molar-refractivity contribution is 0.943. The van der Waals surface area contributed by atoms with Crippen molar-refractivity contribution in [3.05, 3.63) is 30.0 Å². The first kappa shape index (κ1) is 9.58. The molecule has 0 saturated carbocycles. The summed E-state index contributed by atoms with van der Waals surface area (Å²) in [6.45, 7) is 4.36. The second kappa shape index (κ2) is 3.74. The minimum Gasteiger partial charge on any atom is -0.357 e. The van der Waals surface area contributed by atoms with Gasteiger partial charge in [0.15, 0.2) is 0 Å². The van der Waals surface area contributed by atoms with Crippen molar-refractivity contribution in [2.24, 2.45) is 0 Å². The van der Waals surface area contributed by atoms with Crippen LogP contribution in [0.1, 0.15) is 18.4 Å². The predicted octanol–water partition coefficient (Wildman–Crippen LogP) is 2.54. The monoisotopic (exact) mass is 213 g/mol. The zero-order chi connectivity index (χ0) is 11.0. The standard InChI is InChI=1S/C13H15N3/c1-10-6-7-14-11-4-5-12(15-13(10)11)16-8-2-3-9-16/h4-7H,2-3,8-9H2,1H3. The molecule has 0 atom stereocenters. The molecule has 0 spiro atoms. The van der Waals surface area contributed by atoms with Gasteiger partial charge in [-0.2, -0.15) is 0 Å². The molecule has 1 aliphatic heterocycles. The van der Waals surface area contributed by atoms with Crippen molar-refractivity contribution in [2.75, 3.05) is 18.0 Å². The van der Waals surface area contributed by atoms with Crippen molar-refractivity contribution in [1.82, 2.24) is 9.97 Å². The Hall–Kier alpha value is -1.64. The summed E-state index contributed by atoms with van der Waals surface area (Å²) in [5.41, 5.74) is 3.22. The molecule has 3 heterocycles. The molecule has 3 rings (SSSR count). The molecular weight excluding hydrogens is 198 g/mol. The van der Waals surface area contributed by atoms with Crippen molar-refractivity contribution in [2.45, 2.75) is 19.8 Å². The average Bonchev–Trinajstić information content (AvgIpc) is 2.83. The molecule has 1 fully saturated rings. The fourth-order valence-electron chi connectivity index (χ4n) is 2.27. The Morgan fingerprint density at radius 1 is 1.12 bits per heavy atom. The molecule has 0 bridgehead atoms. The van der Waals surface area contributed by atoms with E-state index in [0.29, 0.717) is 0 Å². The zero-order valence-electron chi connectivity index (χ0n) is 9.48. The molecule has 0 aromatic carbocycles. The van der Waals surface area contributed by atoms with E-state index < -0.39 is 0 Å². The number of pyridine rings is 2. The molecule has 0 N–H and O–H groups in total. The van der Waals surface area contributed by atoms with Gasteiger partial charge in [-0.15, -0.1) is 0 Å². The molecule has 0 amide bonds. The molecule has 1 saturated heterocycles. The van der Waals surface area contributed by atoms with E-state index in [1.807, 2.05) is 12.3 Å². The van der Waals surface area contributed by atoms with E-state index in [1.165, 1.54) is 18.4 Å². The fourth-order valence-corrected chi connectivity index (χ4v) is 2.27. The first-order chi connectivity index (χ1) is 7.84. The van der Waals surface area contributed by atoms with Gasteiger partial charge in [0, 0.05) is 19.3 Å². The van der Waals surface area contributed by atoms with Crippen LogP contribution in [0.4, 0.5) is 5.82 Å². The molecule has 0 aliphatic carbocycles. The number of hydrogen-bond acceptors (Lipinski definition) is 3. The van der Waals surface area contributed by atoms with E-state index in [2.05, 4.69) is 28.9 Å². The van der Waals surface area contributed by atoms with Crippen molar-refractivity contribution in [1.29, 1.82) is 0 Å². The van der Waals surface area contributed by atoms with Gasteiger partial charge in [0.25, 0.3) is 0 Å². The summed E-state index contributed by atoms with van der Waals surface area (Å²) in [4.78, 5) is 11.4. The first-order valence-corrected chi connectivity index (χ1v) is 5.82. The van der Waals surface area contributed by atoms with E-state index in [4.69, 9.17) is 4.98 Å². The molecule has 0 unspecified atom stereocenters. The van der Waals surface area contributed by atoms with Crippen molar-refractivity contribution < 1.29 is 0 Å². The number of aromatic nitrogens is 2. The molecule has 2 aromatic rings. The van der Waals surface area contributed by atoms with E-state index in [1.54, 1.807) is 0 Å². The Balaban J connectivity index is 2.10. The highest BCUT2D eigenvalue weighted by molar-refractivity contribution is 5.79. The van der Waals surface area contributed by atoms with Crippen LogP contribution in [0.25, 0.3) is 11.0 Å². The Kier molecular flexibility index (Phi) is 2.24. The third-order valence-corrected chi connectivity index (χ3v) is 3.20. The minimum absolute atomic E-state index is 0.989. The average molecular weight is 213 g/mol. The number of rotatable bonds is 1. The summed E-state index contributed by atoms with van der Waals surface area (Å²) >= 11 is 0. The molecule has 16 heavy (non-hydrogen) atoms. The molecule has 0 radical (unpaired) electrons. The van der Waals surface area contributed by atoms with E-state index in [0.717, 1.165) is 29.9 Å². The van der Waals surface area contributed by atoms with Crippen LogP contribution >= 0.6 is 0 Å². The second-order valence-corrected chi connectivity index (χ2v) is 4.36. The van der Waals surface area contributed by atoms with Gasteiger partial charge in [0.05, 0.1) is 11.0 Å². The van der Waals surface area contributed by atoms with Gasteiger partial charge in [0.2, 0.25) is 0 Å². The highest BCUT2D eigenvalue weighted by atomic mass is 15.2. The maximum absolute atomic E-state index is 4.72. The molecule has 2 aromatic heterocycles. The number of aryl methyl sites for hydroxylation is 1. The van der Waals surface area contributed by atoms with Crippen LogP contribution in [0.15, 0.2) is 24.4 Å². The van der Waals surface area contributed by atoms with Crippen LogP contribution in [-0.4, -0.2) is 23.1 Å². The summed E-state index contributed by atoms with van der Waals surface area (Å²) < 4.78 is 0. The third kappa shape index (κ3) is 1.52. The minimum atomic E-state index is 0.989. The summed E-state index contributed by atoms with van der Waals surface area (Å²) in [7, 11) is 0. The van der Waals surface area contributed by atoms with Crippen LogP contribution in [0.5, 0.6) is 0 Å². The maximum Gasteiger partial charge on any atom is 0.129 e. The molecule has 3 nitrogen and oxygen atoms in total. The Morgan fingerprint density at radius 2 is 1.94 bits per heavy atom. The number of nitrogens with zero attached hydrogens (tertiary/aromatic N) is 3. The molecule has 1 aliphatic rings. The van der Waals surface area contributed by atoms with Crippen LogP contribution in [0.3, 0.4) is 0 Å². The van der Waals surface area contributed by atoms with Gasteiger partial charge in [-0.25, -0.2) is 4.98 Å². The normalized spacial score (nSPS) is 15.9. The molecular formula is C13H15N3. The Labute approximate surface area is 95.1 Å². The summed E-state index contributed by atoms with van der Waals surface area (Å²) in [6, 6.07) is 6.17. The summed E-state index contributed by atoms with van der Waals surface area (Å²) in [5.74, 6) is 1.10. The zero-order valence-corrected chi connectivity index (χ0v) is 9.48. The van der Waals surface area contributed by atoms with Crippen LogP contribution in [0, 0.1) is 6.92 Å².